The summed E-state index contributed by atoms with van der Waals surface area (Å²) >= 11 is 5.81. The summed E-state index contributed by atoms with van der Waals surface area (Å²) in [6.07, 6.45) is 1.37. The Bertz CT molecular complexity index is 456. The van der Waals surface area contributed by atoms with Crippen LogP contribution in [0.1, 0.15) is 12.8 Å². The van der Waals surface area contributed by atoms with Crippen LogP contribution in [0.15, 0.2) is 29.2 Å². The zero-order valence-corrected chi connectivity index (χ0v) is 12.4. The molecule has 1 aromatic rings. The number of halogens is 2. The minimum absolute atomic E-state index is 0.340. The van der Waals surface area contributed by atoms with Crippen molar-refractivity contribution in [3.63, 3.8) is 0 Å². The molecule has 0 aliphatic carbocycles. The number of hydrogen-bond acceptors (Lipinski definition) is 3. The third-order valence-corrected chi connectivity index (χ3v) is 4.10. The second-order valence-corrected chi connectivity index (χ2v) is 6.03. The van der Waals surface area contributed by atoms with Crippen molar-refractivity contribution in [2.45, 2.75) is 29.6 Å². The van der Waals surface area contributed by atoms with Gasteiger partial charge in [-0.3, -0.25) is 0 Å². The van der Waals surface area contributed by atoms with Crippen LogP contribution in [0.25, 0.3) is 0 Å². The number of piperidine rings is 1. The van der Waals surface area contributed by atoms with Gasteiger partial charge in [-0.15, -0.1) is 0 Å². The third-order valence-electron chi connectivity index (χ3n) is 3.01. The highest BCUT2D eigenvalue weighted by Gasteiger charge is 2.19. The number of thiocarbonyl (C=S) groups is 1. The van der Waals surface area contributed by atoms with Crippen molar-refractivity contribution in [3.05, 3.63) is 24.3 Å². The van der Waals surface area contributed by atoms with E-state index >= 15 is 0 Å². The SMILES string of the molecule is O[C@@H]1CCCN(C(=S)Nc2ccc(SC(F)F)cc2)C1. The molecule has 0 bridgehead atoms. The molecule has 7 heteroatoms. The molecular weight excluding hydrogens is 302 g/mol. The van der Waals surface area contributed by atoms with Crippen molar-refractivity contribution in [1.29, 1.82) is 0 Å². The third kappa shape index (κ3) is 4.57. The lowest BCUT2D eigenvalue weighted by Crippen LogP contribution is -2.44. The molecule has 0 unspecified atom stereocenters. The number of thioether (sulfide) groups is 1. The smallest absolute Gasteiger partial charge is 0.288 e. The number of likely N-dealkylation sites (tertiary alicyclic amines) is 1. The van der Waals surface area contributed by atoms with Gasteiger partial charge in [0.1, 0.15) is 0 Å². The Morgan fingerprint density at radius 2 is 2.10 bits per heavy atom. The molecule has 20 heavy (non-hydrogen) atoms. The first kappa shape index (κ1) is 15.5. The van der Waals surface area contributed by atoms with Crippen LogP contribution in [0.2, 0.25) is 0 Å². The van der Waals surface area contributed by atoms with Crippen molar-refractivity contribution in [1.82, 2.24) is 4.90 Å². The van der Waals surface area contributed by atoms with Crippen LogP contribution >= 0.6 is 24.0 Å². The molecule has 1 heterocycles. The lowest BCUT2D eigenvalue weighted by molar-refractivity contribution is 0.104. The fraction of sp³-hybridized carbons (Fsp3) is 0.462. The second kappa shape index (κ2) is 7.19. The van der Waals surface area contributed by atoms with Crippen LogP contribution in [-0.4, -0.2) is 40.1 Å². The summed E-state index contributed by atoms with van der Waals surface area (Å²) < 4.78 is 24.4. The summed E-state index contributed by atoms with van der Waals surface area (Å²) in [5, 5.41) is 13.2. The lowest BCUT2D eigenvalue weighted by atomic mass is 10.1. The first-order chi connectivity index (χ1) is 9.54. The standard InChI is InChI=1S/C13H16F2N2OS2/c14-12(15)20-11-5-3-9(4-6-11)16-13(19)17-7-1-2-10(18)8-17/h3-6,10,12,18H,1-2,7-8H2,(H,16,19)/t10-/m1/s1. The quantitative estimate of drug-likeness (QED) is 0.661. The molecule has 3 nitrogen and oxygen atoms in total. The molecule has 2 N–H and O–H groups in total. The van der Waals surface area contributed by atoms with E-state index in [1.165, 1.54) is 0 Å². The monoisotopic (exact) mass is 318 g/mol. The van der Waals surface area contributed by atoms with Crippen molar-refractivity contribution >= 4 is 34.8 Å². The molecular formula is C13H16F2N2OS2. The fourth-order valence-electron chi connectivity index (χ4n) is 2.06. The van der Waals surface area contributed by atoms with Crippen molar-refractivity contribution in [3.8, 4) is 0 Å². The maximum Gasteiger partial charge on any atom is 0.288 e. The molecule has 0 saturated carbocycles. The summed E-state index contributed by atoms with van der Waals surface area (Å²) in [6.45, 7) is 1.35. The van der Waals surface area contributed by atoms with E-state index in [-0.39, 0.29) is 6.10 Å². The summed E-state index contributed by atoms with van der Waals surface area (Å²) in [5.74, 6) is -2.41. The van der Waals surface area contributed by atoms with Gasteiger partial charge in [0.2, 0.25) is 0 Å². The Labute approximate surface area is 126 Å². The summed E-state index contributed by atoms with van der Waals surface area (Å²) in [4.78, 5) is 2.44. The van der Waals surface area contributed by atoms with E-state index in [1.807, 2.05) is 4.90 Å². The predicted molar refractivity (Wildman–Crippen MR) is 81.3 cm³/mol. The van der Waals surface area contributed by atoms with E-state index < -0.39 is 5.76 Å². The maximum absolute atomic E-state index is 12.2. The largest absolute Gasteiger partial charge is 0.391 e. The van der Waals surface area contributed by atoms with Gasteiger partial charge in [0.15, 0.2) is 5.11 Å². The number of β-amino-alcohol motifs (C(OH)–C–C–N with tert-alkyl or cyclic N) is 1. The molecule has 0 spiro atoms. The van der Waals surface area contributed by atoms with Crippen LogP contribution in [0, 0.1) is 0 Å². The Kier molecular flexibility index (Phi) is 5.56. The number of rotatable bonds is 3. The normalized spacial score (nSPS) is 19.2. The van der Waals surface area contributed by atoms with Gasteiger partial charge < -0.3 is 15.3 Å². The first-order valence-electron chi connectivity index (χ1n) is 6.33. The maximum atomic E-state index is 12.2. The number of benzene rings is 1. The Hall–Kier alpha value is -0.920. The highest BCUT2D eigenvalue weighted by atomic mass is 32.2. The van der Waals surface area contributed by atoms with Gasteiger partial charge in [-0.05, 0) is 49.3 Å². The van der Waals surface area contributed by atoms with E-state index in [0.29, 0.717) is 28.3 Å². The Morgan fingerprint density at radius 3 is 2.70 bits per heavy atom. The van der Waals surface area contributed by atoms with Crippen molar-refractivity contribution in [2.24, 2.45) is 0 Å². The van der Waals surface area contributed by atoms with Crippen molar-refractivity contribution in [2.75, 3.05) is 18.4 Å². The predicted octanol–water partition coefficient (Wildman–Crippen LogP) is 3.15. The molecule has 1 fully saturated rings. The van der Waals surface area contributed by atoms with Gasteiger partial charge in [0.25, 0.3) is 5.76 Å². The number of nitrogens with one attached hydrogen (secondary N) is 1. The van der Waals surface area contributed by atoms with E-state index in [9.17, 15) is 13.9 Å². The lowest BCUT2D eigenvalue weighted by Gasteiger charge is -2.32. The molecule has 0 radical (unpaired) electrons. The number of anilines is 1. The summed E-state index contributed by atoms with van der Waals surface area (Å²) in [7, 11) is 0. The molecule has 1 atom stereocenters. The molecule has 1 aromatic carbocycles. The number of hydrogen-bond donors (Lipinski definition) is 2. The van der Waals surface area contributed by atoms with Gasteiger partial charge in [-0.25, -0.2) is 0 Å². The first-order valence-corrected chi connectivity index (χ1v) is 7.62. The minimum atomic E-state index is -2.41. The van der Waals surface area contributed by atoms with E-state index in [4.69, 9.17) is 12.2 Å². The van der Waals surface area contributed by atoms with Gasteiger partial charge in [0.05, 0.1) is 6.10 Å². The fourth-order valence-corrected chi connectivity index (χ4v) is 2.84. The average Bonchev–Trinajstić information content (AvgIpc) is 2.40. The highest BCUT2D eigenvalue weighted by Crippen LogP contribution is 2.26. The molecule has 1 saturated heterocycles. The van der Waals surface area contributed by atoms with Gasteiger partial charge >= 0.3 is 0 Å². The number of aliphatic hydroxyl groups is 1. The Morgan fingerprint density at radius 1 is 1.40 bits per heavy atom. The van der Waals surface area contributed by atoms with Crippen LogP contribution in [0.4, 0.5) is 14.5 Å². The average molecular weight is 318 g/mol. The topological polar surface area (TPSA) is 35.5 Å². The number of alkyl halides is 2. The van der Waals surface area contributed by atoms with Crippen LogP contribution in [-0.2, 0) is 0 Å². The number of aliphatic hydroxyl groups excluding tert-OH is 1. The zero-order chi connectivity index (χ0) is 14.5. The van der Waals surface area contributed by atoms with Crippen LogP contribution in [0.3, 0.4) is 0 Å². The zero-order valence-electron chi connectivity index (χ0n) is 10.8. The van der Waals surface area contributed by atoms with E-state index in [1.54, 1.807) is 24.3 Å². The second-order valence-electron chi connectivity index (χ2n) is 4.58. The molecule has 1 aliphatic rings. The molecule has 2 rings (SSSR count). The molecule has 0 amide bonds. The van der Waals surface area contributed by atoms with Gasteiger partial charge in [-0.2, -0.15) is 8.78 Å². The molecule has 1 aliphatic heterocycles. The van der Waals surface area contributed by atoms with Gasteiger partial charge in [0, 0.05) is 23.7 Å². The number of nitrogens with zero attached hydrogens (tertiary/aromatic N) is 1. The Balaban J connectivity index is 1.90. The molecule has 0 aromatic heterocycles. The van der Waals surface area contributed by atoms with Crippen LogP contribution in [0.5, 0.6) is 0 Å². The van der Waals surface area contributed by atoms with E-state index in [2.05, 4.69) is 5.32 Å². The van der Waals surface area contributed by atoms with Gasteiger partial charge in [-0.1, -0.05) is 11.8 Å². The molecule has 110 valence electrons. The van der Waals surface area contributed by atoms with Crippen molar-refractivity contribution < 1.29 is 13.9 Å². The minimum Gasteiger partial charge on any atom is -0.391 e. The van der Waals surface area contributed by atoms with E-state index in [0.717, 1.165) is 25.1 Å². The summed E-state index contributed by atoms with van der Waals surface area (Å²) in [6, 6.07) is 6.70. The highest BCUT2D eigenvalue weighted by molar-refractivity contribution is 7.99. The summed E-state index contributed by atoms with van der Waals surface area (Å²) in [5.41, 5.74) is 0.758. The van der Waals surface area contributed by atoms with Crippen LogP contribution < -0.4 is 5.32 Å².